The van der Waals surface area contributed by atoms with Gasteiger partial charge in [0.15, 0.2) is 0 Å². The minimum atomic E-state index is -0.0880. The van der Waals surface area contributed by atoms with Crippen LogP contribution in [-0.4, -0.2) is 36.9 Å². The van der Waals surface area contributed by atoms with Gasteiger partial charge >= 0.3 is 6.03 Å². The Bertz CT molecular complexity index is 211. The summed E-state index contributed by atoms with van der Waals surface area (Å²) in [7, 11) is 0. The molecule has 0 aromatic carbocycles. The predicted molar refractivity (Wildman–Crippen MR) is 55.0 cm³/mol. The van der Waals surface area contributed by atoms with Gasteiger partial charge in [0, 0.05) is 13.1 Å². The molecule has 1 rings (SSSR count). The molecule has 0 radical (unpaired) electrons. The zero-order valence-electron chi connectivity index (χ0n) is 9.46. The molecule has 1 unspecified atom stereocenters. The lowest BCUT2D eigenvalue weighted by molar-refractivity contribution is 0.0642. The Hall–Kier alpha value is -0.770. The van der Waals surface area contributed by atoms with Crippen LogP contribution in [0.25, 0.3) is 0 Å². The maximum atomic E-state index is 11.6. The van der Waals surface area contributed by atoms with Gasteiger partial charge in [0.05, 0.1) is 6.61 Å². The molecule has 0 spiro atoms. The second-order valence-corrected chi connectivity index (χ2v) is 4.88. The second kappa shape index (κ2) is 4.17. The van der Waals surface area contributed by atoms with Crippen molar-refractivity contribution < 1.29 is 9.53 Å². The van der Waals surface area contributed by atoms with E-state index in [-0.39, 0.29) is 17.7 Å². The van der Waals surface area contributed by atoms with Gasteiger partial charge in [-0.25, -0.2) is 4.79 Å². The van der Waals surface area contributed by atoms with E-state index in [0.717, 1.165) is 0 Å². The van der Waals surface area contributed by atoms with E-state index in [0.29, 0.717) is 19.7 Å². The summed E-state index contributed by atoms with van der Waals surface area (Å²) in [6.07, 6.45) is -0.0880. The molecule has 2 amide bonds. The molecule has 0 saturated carbocycles. The first-order valence-corrected chi connectivity index (χ1v) is 5.06. The molecule has 4 heteroatoms. The van der Waals surface area contributed by atoms with Gasteiger partial charge in [-0.1, -0.05) is 20.8 Å². The minimum Gasteiger partial charge on any atom is -0.357 e. The number of carbonyl (C=O) groups excluding carboxylic acids is 1. The van der Waals surface area contributed by atoms with Crippen molar-refractivity contribution in [2.45, 2.75) is 33.9 Å². The number of rotatable bonds is 1. The topological polar surface area (TPSA) is 41.6 Å². The van der Waals surface area contributed by atoms with Crippen LogP contribution in [0.5, 0.6) is 0 Å². The molecule has 1 fully saturated rings. The monoisotopic (exact) mass is 200 g/mol. The lowest BCUT2D eigenvalue weighted by atomic mass is 9.97. The van der Waals surface area contributed by atoms with Crippen LogP contribution in [0, 0.1) is 5.41 Å². The largest absolute Gasteiger partial charge is 0.357 e. The fraction of sp³-hybridized carbons (Fsp3) is 0.900. The van der Waals surface area contributed by atoms with Crippen molar-refractivity contribution in [3.05, 3.63) is 0 Å². The van der Waals surface area contributed by atoms with Crippen molar-refractivity contribution in [3.63, 3.8) is 0 Å². The maximum Gasteiger partial charge on any atom is 0.319 e. The highest BCUT2D eigenvalue weighted by Gasteiger charge is 2.26. The number of nitrogens with one attached hydrogen (secondary N) is 1. The fourth-order valence-corrected chi connectivity index (χ4v) is 1.30. The predicted octanol–water partition coefficient (Wildman–Crippen LogP) is 1.42. The van der Waals surface area contributed by atoms with Crippen LogP contribution in [-0.2, 0) is 4.74 Å². The van der Waals surface area contributed by atoms with Gasteiger partial charge in [0.25, 0.3) is 0 Å². The summed E-state index contributed by atoms with van der Waals surface area (Å²) >= 11 is 0. The molecule has 1 heterocycles. The van der Waals surface area contributed by atoms with Crippen molar-refractivity contribution in [3.8, 4) is 0 Å². The van der Waals surface area contributed by atoms with Gasteiger partial charge in [0.2, 0.25) is 0 Å². The zero-order valence-corrected chi connectivity index (χ0v) is 9.46. The van der Waals surface area contributed by atoms with Crippen molar-refractivity contribution in [1.82, 2.24) is 10.2 Å². The van der Waals surface area contributed by atoms with Crippen LogP contribution in [0.4, 0.5) is 4.79 Å². The summed E-state index contributed by atoms with van der Waals surface area (Å²) in [5.74, 6) is 0. The quantitative estimate of drug-likeness (QED) is 0.695. The summed E-state index contributed by atoms with van der Waals surface area (Å²) in [6.45, 7) is 10.2. The van der Waals surface area contributed by atoms with E-state index in [1.54, 1.807) is 4.90 Å². The van der Waals surface area contributed by atoms with E-state index < -0.39 is 0 Å². The Morgan fingerprint density at radius 2 is 2.21 bits per heavy atom. The van der Waals surface area contributed by atoms with Crippen LogP contribution in [0.1, 0.15) is 27.7 Å². The first kappa shape index (κ1) is 11.3. The van der Waals surface area contributed by atoms with Gasteiger partial charge in [-0.2, -0.15) is 0 Å². The molecule has 1 N–H and O–H groups in total. The van der Waals surface area contributed by atoms with Crippen molar-refractivity contribution in [2.24, 2.45) is 5.41 Å². The second-order valence-electron chi connectivity index (χ2n) is 4.88. The van der Waals surface area contributed by atoms with Crippen LogP contribution in [0.3, 0.4) is 0 Å². The molecule has 14 heavy (non-hydrogen) atoms. The molecule has 1 saturated heterocycles. The number of hydrogen-bond donors (Lipinski definition) is 1. The van der Waals surface area contributed by atoms with Crippen molar-refractivity contribution in [2.75, 3.05) is 19.7 Å². The summed E-state index contributed by atoms with van der Waals surface area (Å²) in [4.78, 5) is 13.4. The van der Waals surface area contributed by atoms with Gasteiger partial charge < -0.3 is 10.1 Å². The SMILES string of the molecule is CC1OCCN1C(=O)NCC(C)(C)C. The smallest absolute Gasteiger partial charge is 0.319 e. The number of carbonyl (C=O) groups is 1. The van der Waals surface area contributed by atoms with Gasteiger partial charge in [-0.15, -0.1) is 0 Å². The zero-order chi connectivity index (χ0) is 10.8. The van der Waals surface area contributed by atoms with E-state index in [4.69, 9.17) is 4.74 Å². The van der Waals surface area contributed by atoms with E-state index in [9.17, 15) is 4.79 Å². The van der Waals surface area contributed by atoms with Crippen LogP contribution < -0.4 is 5.32 Å². The summed E-state index contributed by atoms with van der Waals surface area (Å²) in [5, 5.41) is 2.90. The van der Waals surface area contributed by atoms with Gasteiger partial charge in [0.1, 0.15) is 6.23 Å². The summed E-state index contributed by atoms with van der Waals surface area (Å²) in [5.41, 5.74) is 0.124. The molecule has 0 bridgehead atoms. The molecule has 1 atom stereocenters. The van der Waals surface area contributed by atoms with Crippen molar-refractivity contribution in [1.29, 1.82) is 0 Å². The lowest BCUT2D eigenvalue weighted by Gasteiger charge is -2.24. The normalized spacial score (nSPS) is 22.6. The first-order chi connectivity index (χ1) is 6.40. The average Bonchev–Trinajstić information content (AvgIpc) is 2.46. The Morgan fingerprint density at radius 1 is 1.57 bits per heavy atom. The molecule has 4 nitrogen and oxygen atoms in total. The highest BCUT2D eigenvalue weighted by atomic mass is 16.5. The van der Waals surface area contributed by atoms with E-state index in [1.807, 2.05) is 6.92 Å². The maximum absolute atomic E-state index is 11.6. The summed E-state index contributed by atoms with van der Waals surface area (Å²) < 4.78 is 5.28. The van der Waals surface area contributed by atoms with E-state index >= 15 is 0 Å². The molecular formula is C10H20N2O2. The Kier molecular flexibility index (Phi) is 3.37. The number of amides is 2. The Labute approximate surface area is 85.6 Å². The number of urea groups is 1. The van der Waals surface area contributed by atoms with Crippen LogP contribution in [0.15, 0.2) is 0 Å². The Balaban J connectivity index is 2.35. The molecule has 0 aromatic rings. The average molecular weight is 200 g/mol. The number of nitrogens with zero attached hydrogens (tertiary/aromatic N) is 1. The van der Waals surface area contributed by atoms with Gasteiger partial charge in [-0.3, -0.25) is 4.90 Å². The van der Waals surface area contributed by atoms with Crippen LogP contribution >= 0.6 is 0 Å². The number of ether oxygens (including phenoxy) is 1. The molecule has 1 aliphatic heterocycles. The van der Waals surface area contributed by atoms with Gasteiger partial charge in [-0.05, 0) is 12.3 Å². The molecular weight excluding hydrogens is 180 g/mol. The van der Waals surface area contributed by atoms with Crippen LogP contribution in [0.2, 0.25) is 0 Å². The highest BCUT2D eigenvalue weighted by Crippen LogP contribution is 2.12. The summed E-state index contributed by atoms with van der Waals surface area (Å²) in [6, 6.07) is -0.0232. The third-order valence-electron chi connectivity index (χ3n) is 2.16. The molecule has 0 aromatic heterocycles. The minimum absolute atomic E-state index is 0.0232. The lowest BCUT2D eigenvalue weighted by Crippen LogP contribution is -2.44. The molecule has 1 aliphatic rings. The fourth-order valence-electron chi connectivity index (χ4n) is 1.30. The first-order valence-electron chi connectivity index (χ1n) is 5.06. The van der Waals surface area contributed by atoms with E-state index in [1.165, 1.54) is 0 Å². The Morgan fingerprint density at radius 3 is 2.64 bits per heavy atom. The highest BCUT2D eigenvalue weighted by molar-refractivity contribution is 5.74. The molecule has 82 valence electrons. The number of hydrogen-bond acceptors (Lipinski definition) is 2. The van der Waals surface area contributed by atoms with Crippen molar-refractivity contribution >= 4 is 6.03 Å². The molecule has 0 aliphatic carbocycles. The third kappa shape index (κ3) is 3.18. The van der Waals surface area contributed by atoms with E-state index in [2.05, 4.69) is 26.1 Å². The standard InChI is InChI=1S/C10H20N2O2/c1-8-12(5-6-14-8)9(13)11-7-10(2,3)4/h8H,5-7H2,1-4H3,(H,11,13). The third-order valence-corrected chi connectivity index (χ3v) is 2.16.